The van der Waals surface area contributed by atoms with Crippen molar-refractivity contribution in [1.29, 1.82) is 0 Å². The van der Waals surface area contributed by atoms with Crippen LogP contribution in [0.5, 0.6) is 0 Å². The second kappa shape index (κ2) is 6.42. The van der Waals surface area contributed by atoms with Gasteiger partial charge in [-0.25, -0.2) is 0 Å². The molecule has 0 aliphatic heterocycles. The molecule has 0 heterocycles. The fraction of sp³-hybridized carbons (Fsp3) is 0.750. The average molecular weight is 187 g/mol. The highest BCUT2D eigenvalue weighted by atomic mass is 16.1. The number of amides is 2. The fourth-order valence-electron chi connectivity index (χ4n) is 0.931. The lowest BCUT2D eigenvalue weighted by atomic mass is 10.2. The largest absolute Gasteiger partial charge is 0.370 e. The van der Waals surface area contributed by atoms with Gasteiger partial charge in [0.2, 0.25) is 11.8 Å². The Labute approximate surface area is 78.1 Å². The maximum absolute atomic E-state index is 10.5. The van der Waals surface area contributed by atoms with E-state index in [0.29, 0.717) is 19.5 Å². The van der Waals surface area contributed by atoms with Gasteiger partial charge in [-0.15, -0.1) is 0 Å². The summed E-state index contributed by atoms with van der Waals surface area (Å²) >= 11 is 0. The molecule has 76 valence electrons. The molecule has 0 bridgehead atoms. The lowest BCUT2D eigenvalue weighted by Gasteiger charge is -2.11. The van der Waals surface area contributed by atoms with Crippen molar-refractivity contribution in [2.75, 3.05) is 13.1 Å². The monoisotopic (exact) mass is 187 g/mol. The minimum Gasteiger partial charge on any atom is -0.370 e. The van der Waals surface area contributed by atoms with Crippen LogP contribution in [0.15, 0.2) is 0 Å². The Morgan fingerprint density at radius 2 is 2.00 bits per heavy atom. The van der Waals surface area contributed by atoms with Gasteiger partial charge in [-0.3, -0.25) is 9.59 Å². The lowest BCUT2D eigenvalue weighted by molar-refractivity contribution is -0.119. The molecule has 0 spiro atoms. The molecule has 0 radical (unpaired) electrons. The summed E-state index contributed by atoms with van der Waals surface area (Å²) < 4.78 is 0. The summed E-state index contributed by atoms with van der Waals surface area (Å²) in [6, 6.07) is 0.0614. The number of rotatable bonds is 6. The van der Waals surface area contributed by atoms with Crippen LogP contribution in [0.3, 0.4) is 0 Å². The quantitative estimate of drug-likeness (QED) is 0.465. The van der Waals surface area contributed by atoms with E-state index in [0.717, 1.165) is 0 Å². The first-order valence-corrected chi connectivity index (χ1v) is 4.28. The average Bonchev–Trinajstić information content (AvgIpc) is 1.96. The summed E-state index contributed by atoms with van der Waals surface area (Å²) in [5.74, 6) is -0.371. The summed E-state index contributed by atoms with van der Waals surface area (Å²) in [6.07, 6.45) is 0.320. The summed E-state index contributed by atoms with van der Waals surface area (Å²) in [6.45, 7) is 4.55. The molecule has 0 saturated carbocycles. The minimum atomic E-state index is -0.320. The highest BCUT2D eigenvalue weighted by molar-refractivity contribution is 5.74. The maximum Gasteiger partial charge on any atom is 0.218 e. The van der Waals surface area contributed by atoms with Gasteiger partial charge in [-0.2, -0.15) is 0 Å². The maximum atomic E-state index is 10.5. The Bertz CT molecular complexity index is 182. The number of nitrogens with two attached hydrogens (primary N) is 1. The Morgan fingerprint density at radius 3 is 2.46 bits per heavy atom. The molecule has 0 aromatic rings. The van der Waals surface area contributed by atoms with Crippen LogP contribution in [-0.4, -0.2) is 30.9 Å². The minimum absolute atomic E-state index is 0.0515. The highest BCUT2D eigenvalue weighted by Crippen LogP contribution is 1.86. The number of nitrogens with one attached hydrogen (secondary N) is 2. The predicted octanol–water partition coefficient (Wildman–Crippen LogP) is -1.02. The van der Waals surface area contributed by atoms with Crippen molar-refractivity contribution in [2.45, 2.75) is 26.3 Å². The van der Waals surface area contributed by atoms with Crippen LogP contribution >= 0.6 is 0 Å². The van der Waals surface area contributed by atoms with Gasteiger partial charge in [0.15, 0.2) is 0 Å². The molecule has 0 aromatic carbocycles. The Morgan fingerprint density at radius 1 is 1.38 bits per heavy atom. The van der Waals surface area contributed by atoms with Gasteiger partial charge in [-0.05, 0) is 6.92 Å². The van der Waals surface area contributed by atoms with Gasteiger partial charge in [0, 0.05) is 32.5 Å². The first-order valence-electron chi connectivity index (χ1n) is 4.28. The predicted molar refractivity (Wildman–Crippen MR) is 50.0 cm³/mol. The zero-order chi connectivity index (χ0) is 10.3. The van der Waals surface area contributed by atoms with Gasteiger partial charge in [0.25, 0.3) is 0 Å². The van der Waals surface area contributed by atoms with E-state index in [-0.39, 0.29) is 17.9 Å². The smallest absolute Gasteiger partial charge is 0.218 e. The Balaban J connectivity index is 3.31. The summed E-state index contributed by atoms with van der Waals surface area (Å²) in [5.41, 5.74) is 5.00. The van der Waals surface area contributed by atoms with Crippen LogP contribution in [0, 0.1) is 0 Å². The van der Waals surface area contributed by atoms with Crippen molar-refractivity contribution in [3.63, 3.8) is 0 Å². The van der Waals surface area contributed by atoms with E-state index < -0.39 is 0 Å². The van der Waals surface area contributed by atoms with E-state index in [4.69, 9.17) is 5.73 Å². The van der Waals surface area contributed by atoms with E-state index in [1.807, 2.05) is 6.92 Å². The lowest BCUT2D eigenvalue weighted by Crippen LogP contribution is -2.36. The first kappa shape index (κ1) is 11.9. The van der Waals surface area contributed by atoms with Crippen molar-refractivity contribution < 1.29 is 9.59 Å². The molecule has 0 rings (SSSR count). The van der Waals surface area contributed by atoms with Crippen molar-refractivity contribution >= 4 is 11.8 Å². The third-order valence-electron chi connectivity index (χ3n) is 1.50. The SMILES string of the molecule is CC(=O)NCCNC(C)CC(N)=O. The van der Waals surface area contributed by atoms with Crippen molar-refractivity contribution in [3.8, 4) is 0 Å². The summed E-state index contributed by atoms with van der Waals surface area (Å²) in [5, 5.41) is 5.69. The third kappa shape index (κ3) is 8.81. The number of primary amides is 1. The molecule has 5 nitrogen and oxygen atoms in total. The van der Waals surface area contributed by atoms with Crippen molar-refractivity contribution in [1.82, 2.24) is 10.6 Å². The van der Waals surface area contributed by atoms with Gasteiger partial charge < -0.3 is 16.4 Å². The van der Waals surface area contributed by atoms with Crippen LogP contribution in [-0.2, 0) is 9.59 Å². The van der Waals surface area contributed by atoms with E-state index >= 15 is 0 Å². The highest BCUT2D eigenvalue weighted by Gasteiger charge is 2.03. The van der Waals surface area contributed by atoms with Crippen molar-refractivity contribution in [2.24, 2.45) is 5.73 Å². The number of hydrogen-bond donors (Lipinski definition) is 3. The standard InChI is InChI=1S/C8H17N3O2/c1-6(5-8(9)13)10-3-4-11-7(2)12/h6,10H,3-5H2,1-2H3,(H2,9,13)(H,11,12). The van der Waals surface area contributed by atoms with Crippen molar-refractivity contribution in [3.05, 3.63) is 0 Å². The number of carbonyl (C=O) groups excluding carboxylic acids is 2. The van der Waals surface area contributed by atoms with Crippen LogP contribution < -0.4 is 16.4 Å². The molecule has 5 heteroatoms. The molecule has 4 N–H and O–H groups in total. The van der Waals surface area contributed by atoms with Gasteiger partial charge in [0.1, 0.15) is 0 Å². The summed E-state index contributed by atoms with van der Waals surface area (Å²) in [4.78, 5) is 20.9. The molecule has 0 aromatic heterocycles. The van der Waals surface area contributed by atoms with Crippen LogP contribution in [0.4, 0.5) is 0 Å². The zero-order valence-electron chi connectivity index (χ0n) is 8.09. The van der Waals surface area contributed by atoms with Crippen LogP contribution in [0.1, 0.15) is 20.3 Å². The second-order valence-electron chi connectivity index (χ2n) is 3.01. The summed E-state index contributed by atoms with van der Waals surface area (Å²) in [7, 11) is 0. The molecule has 1 atom stereocenters. The molecule has 2 amide bonds. The van der Waals surface area contributed by atoms with Crippen LogP contribution in [0.2, 0.25) is 0 Å². The Kier molecular flexibility index (Phi) is 5.88. The molecule has 1 unspecified atom stereocenters. The third-order valence-corrected chi connectivity index (χ3v) is 1.50. The molecule has 0 aliphatic rings. The molecule has 13 heavy (non-hydrogen) atoms. The second-order valence-corrected chi connectivity index (χ2v) is 3.01. The van der Waals surface area contributed by atoms with E-state index in [9.17, 15) is 9.59 Å². The van der Waals surface area contributed by atoms with Crippen LogP contribution in [0.25, 0.3) is 0 Å². The normalized spacial score (nSPS) is 12.2. The fourth-order valence-corrected chi connectivity index (χ4v) is 0.931. The molecular formula is C8H17N3O2. The topological polar surface area (TPSA) is 84.2 Å². The van der Waals surface area contributed by atoms with Gasteiger partial charge in [-0.1, -0.05) is 0 Å². The Hall–Kier alpha value is -1.10. The van der Waals surface area contributed by atoms with E-state index in [1.54, 1.807) is 0 Å². The zero-order valence-corrected chi connectivity index (χ0v) is 8.09. The van der Waals surface area contributed by atoms with E-state index in [2.05, 4.69) is 10.6 Å². The number of carbonyl (C=O) groups is 2. The molecular weight excluding hydrogens is 170 g/mol. The molecule has 0 fully saturated rings. The van der Waals surface area contributed by atoms with Gasteiger partial charge >= 0.3 is 0 Å². The number of hydrogen-bond acceptors (Lipinski definition) is 3. The molecule has 0 aliphatic carbocycles. The first-order chi connectivity index (χ1) is 6.02. The molecule has 0 saturated heterocycles. The van der Waals surface area contributed by atoms with E-state index in [1.165, 1.54) is 6.92 Å². The van der Waals surface area contributed by atoms with Gasteiger partial charge in [0.05, 0.1) is 0 Å².